The molecule has 98 valence electrons. The third kappa shape index (κ3) is 6.45. The van der Waals surface area contributed by atoms with Gasteiger partial charge in [-0.1, -0.05) is 13.8 Å². The Bertz CT molecular complexity index is 284. The fourth-order valence-corrected chi connectivity index (χ4v) is 2.17. The Morgan fingerprint density at radius 3 is 2.31 bits per heavy atom. The van der Waals surface area contributed by atoms with Crippen molar-refractivity contribution in [2.75, 3.05) is 25.4 Å². The second kappa shape index (κ2) is 6.57. The summed E-state index contributed by atoms with van der Waals surface area (Å²) < 4.78 is 23.0. The lowest BCUT2D eigenvalue weighted by molar-refractivity contribution is 0.208. The van der Waals surface area contributed by atoms with E-state index in [0.29, 0.717) is 6.54 Å². The molecule has 0 rings (SSSR count). The summed E-state index contributed by atoms with van der Waals surface area (Å²) in [5.41, 5.74) is 0.0103. The van der Waals surface area contributed by atoms with Crippen LogP contribution in [0, 0.1) is 5.41 Å². The first-order valence-electron chi connectivity index (χ1n) is 5.74. The van der Waals surface area contributed by atoms with Gasteiger partial charge >= 0.3 is 0 Å². The van der Waals surface area contributed by atoms with Crippen LogP contribution in [0.2, 0.25) is 0 Å². The molecule has 0 spiro atoms. The van der Waals surface area contributed by atoms with E-state index in [0.717, 1.165) is 13.0 Å². The van der Waals surface area contributed by atoms with Gasteiger partial charge in [-0.2, -0.15) is 0 Å². The van der Waals surface area contributed by atoms with Crippen LogP contribution in [0.4, 0.5) is 0 Å². The van der Waals surface area contributed by atoms with Crippen molar-refractivity contribution in [1.82, 2.24) is 5.32 Å². The van der Waals surface area contributed by atoms with Gasteiger partial charge in [0.25, 0.3) is 0 Å². The molecule has 0 saturated heterocycles. The molecule has 0 bridgehead atoms. The molecule has 0 unspecified atom stereocenters. The van der Waals surface area contributed by atoms with E-state index in [-0.39, 0.29) is 23.0 Å². The maximum absolute atomic E-state index is 11.5. The Labute approximate surface area is 99.4 Å². The fraction of sp³-hybridized carbons (Fsp3) is 1.00. The van der Waals surface area contributed by atoms with Crippen LogP contribution in [0.3, 0.4) is 0 Å². The first-order valence-corrected chi connectivity index (χ1v) is 7.46. The summed E-state index contributed by atoms with van der Waals surface area (Å²) in [7, 11) is -2.94. The highest BCUT2D eigenvalue weighted by Crippen LogP contribution is 2.17. The van der Waals surface area contributed by atoms with Gasteiger partial charge in [-0.15, -0.1) is 0 Å². The molecule has 0 fully saturated rings. The molecule has 0 aliphatic heterocycles. The average Bonchev–Trinajstić information content (AvgIpc) is 2.12. The molecule has 0 saturated carbocycles. The van der Waals surface area contributed by atoms with E-state index in [4.69, 9.17) is 5.11 Å². The van der Waals surface area contributed by atoms with Gasteiger partial charge in [0.2, 0.25) is 0 Å². The molecule has 4 nitrogen and oxygen atoms in total. The van der Waals surface area contributed by atoms with E-state index in [1.54, 1.807) is 13.8 Å². The largest absolute Gasteiger partial charge is 0.396 e. The van der Waals surface area contributed by atoms with Crippen LogP contribution in [-0.2, 0) is 9.84 Å². The highest BCUT2D eigenvalue weighted by atomic mass is 32.2. The number of sulfone groups is 1. The number of aliphatic hydroxyl groups is 1. The Balaban J connectivity index is 3.85. The summed E-state index contributed by atoms with van der Waals surface area (Å²) >= 11 is 0. The molecule has 0 aromatic carbocycles. The molecule has 0 atom stereocenters. The van der Waals surface area contributed by atoms with E-state index >= 15 is 0 Å². The highest BCUT2D eigenvalue weighted by Gasteiger charge is 2.18. The minimum absolute atomic E-state index is 0.0103. The lowest BCUT2D eigenvalue weighted by Gasteiger charge is -2.24. The molecule has 0 heterocycles. The van der Waals surface area contributed by atoms with E-state index in [1.807, 2.05) is 13.8 Å². The summed E-state index contributed by atoms with van der Waals surface area (Å²) in [6, 6.07) is 0. The van der Waals surface area contributed by atoms with Crippen LogP contribution < -0.4 is 5.32 Å². The number of hydrogen-bond acceptors (Lipinski definition) is 4. The van der Waals surface area contributed by atoms with E-state index in [2.05, 4.69) is 5.32 Å². The number of hydrogen-bond donors (Lipinski definition) is 2. The van der Waals surface area contributed by atoms with Crippen LogP contribution in [-0.4, -0.2) is 44.2 Å². The summed E-state index contributed by atoms with van der Waals surface area (Å²) in [5, 5.41) is 11.7. The number of rotatable bonds is 8. The Morgan fingerprint density at radius 2 is 1.88 bits per heavy atom. The zero-order chi connectivity index (χ0) is 12.8. The molecule has 0 aromatic rings. The summed E-state index contributed by atoms with van der Waals surface area (Å²) in [5.74, 6) is 0.180. The van der Waals surface area contributed by atoms with Crippen molar-refractivity contribution in [2.45, 2.75) is 39.4 Å². The Morgan fingerprint density at radius 1 is 1.31 bits per heavy atom. The maximum Gasteiger partial charge on any atom is 0.153 e. The highest BCUT2D eigenvalue weighted by molar-refractivity contribution is 7.92. The van der Waals surface area contributed by atoms with Crippen molar-refractivity contribution < 1.29 is 13.5 Å². The standard InChI is InChI=1S/C11H25NO3S/c1-10(2)16(14,15)8-6-12-9-11(3,4)5-7-13/h10,12-13H,5-9H2,1-4H3. The molecule has 16 heavy (non-hydrogen) atoms. The van der Waals surface area contributed by atoms with E-state index in [1.165, 1.54) is 0 Å². The number of aliphatic hydroxyl groups excluding tert-OH is 1. The molecular formula is C11H25NO3S. The van der Waals surface area contributed by atoms with Gasteiger partial charge in [0.05, 0.1) is 11.0 Å². The van der Waals surface area contributed by atoms with Crippen molar-refractivity contribution in [3.8, 4) is 0 Å². The minimum Gasteiger partial charge on any atom is -0.396 e. The lowest BCUT2D eigenvalue weighted by Crippen LogP contribution is -2.34. The zero-order valence-electron chi connectivity index (χ0n) is 10.8. The summed E-state index contributed by atoms with van der Waals surface area (Å²) in [6.45, 7) is 8.87. The molecule has 2 N–H and O–H groups in total. The SMILES string of the molecule is CC(C)S(=O)(=O)CCNCC(C)(C)CCO. The molecule has 0 aliphatic carbocycles. The van der Waals surface area contributed by atoms with Gasteiger partial charge in [-0.3, -0.25) is 0 Å². The van der Waals surface area contributed by atoms with Gasteiger partial charge in [0.15, 0.2) is 9.84 Å². The van der Waals surface area contributed by atoms with Crippen LogP contribution in [0.25, 0.3) is 0 Å². The van der Waals surface area contributed by atoms with E-state index < -0.39 is 9.84 Å². The van der Waals surface area contributed by atoms with Gasteiger partial charge in [0, 0.05) is 19.7 Å². The average molecular weight is 251 g/mol. The molecule has 0 amide bonds. The summed E-state index contributed by atoms with van der Waals surface area (Å²) in [4.78, 5) is 0. The van der Waals surface area contributed by atoms with Crippen molar-refractivity contribution in [3.63, 3.8) is 0 Å². The zero-order valence-corrected chi connectivity index (χ0v) is 11.6. The van der Waals surface area contributed by atoms with Gasteiger partial charge in [-0.05, 0) is 25.7 Å². The third-order valence-electron chi connectivity index (χ3n) is 2.67. The Hall–Kier alpha value is -0.130. The summed E-state index contributed by atoms with van der Waals surface area (Å²) in [6.07, 6.45) is 0.719. The fourth-order valence-electron chi connectivity index (χ4n) is 1.27. The first kappa shape index (κ1) is 15.9. The van der Waals surface area contributed by atoms with Crippen molar-refractivity contribution in [2.24, 2.45) is 5.41 Å². The topological polar surface area (TPSA) is 66.4 Å². The van der Waals surface area contributed by atoms with Crippen LogP contribution >= 0.6 is 0 Å². The third-order valence-corrected chi connectivity index (χ3v) is 4.88. The second-order valence-electron chi connectivity index (χ2n) is 5.23. The molecule has 0 aliphatic rings. The number of nitrogens with one attached hydrogen (secondary N) is 1. The molecular weight excluding hydrogens is 226 g/mol. The lowest BCUT2D eigenvalue weighted by atomic mass is 9.90. The minimum atomic E-state index is -2.94. The monoisotopic (exact) mass is 251 g/mol. The van der Waals surface area contributed by atoms with E-state index in [9.17, 15) is 8.42 Å². The van der Waals surface area contributed by atoms with Crippen molar-refractivity contribution >= 4 is 9.84 Å². The Kier molecular flexibility index (Phi) is 6.51. The maximum atomic E-state index is 11.5. The molecule has 5 heteroatoms. The van der Waals surface area contributed by atoms with Crippen LogP contribution in [0.1, 0.15) is 34.1 Å². The predicted molar refractivity (Wildman–Crippen MR) is 67.3 cm³/mol. The van der Waals surface area contributed by atoms with Crippen molar-refractivity contribution in [3.05, 3.63) is 0 Å². The quantitative estimate of drug-likeness (QED) is 0.627. The molecule has 0 radical (unpaired) electrons. The van der Waals surface area contributed by atoms with Crippen molar-refractivity contribution in [1.29, 1.82) is 0 Å². The van der Waals surface area contributed by atoms with Crippen LogP contribution in [0.5, 0.6) is 0 Å². The van der Waals surface area contributed by atoms with Gasteiger partial charge in [-0.25, -0.2) is 8.42 Å². The normalized spacial score (nSPS) is 13.4. The smallest absolute Gasteiger partial charge is 0.153 e. The first-order chi connectivity index (χ1) is 7.21. The second-order valence-corrected chi connectivity index (χ2v) is 7.91. The van der Waals surface area contributed by atoms with Crippen LogP contribution in [0.15, 0.2) is 0 Å². The predicted octanol–water partition coefficient (Wildman–Crippen LogP) is 0.808. The van der Waals surface area contributed by atoms with Gasteiger partial charge in [0.1, 0.15) is 0 Å². The molecule has 0 aromatic heterocycles. The van der Waals surface area contributed by atoms with Gasteiger partial charge < -0.3 is 10.4 Å².